The van der Waals surface area contributed by atoms with Gasteiger partial charge in [0, 0.05) is 18.7 Å². The van der Waals surface area contributed by atoms with Crippen LogP contribution in [0.4, 0.5) is 5.69 Å². The van der Waals surface area contributed by atoms with E-state index in [0.717, 1.165) is 0 Å². The number of nitrogens with one attached hydrogen (secondary N) is 2. The molecule has 0 bridgehead atoms. The van der Waals surface area contributed by atoms with Crippen LogP contribution in [0.25, 0.3) is 0 Å². The number of methoxy groups -OCH3 is 1. The topological polar surface area (TPSA) is 79.8 Å². The Hall–Kier alpha value is -1.34. The van der Waals surface area contributed by atoms with E-state index in [1.54, 1.807) is 25.3 Å². The first-order valence-corrected chi connectivity index (χ1v) is 7.11. The Labute approximate surface area is 128 Å². The smallest absolute Gasteiger partial charge is 0.241 e. The molecular formula is C14H19ClN2O4. The minimum absolute atomic E-state index is 0.217. The lowest BCUT2D eigenvalue weighted by Gasteiger charge is -2.15. The van der Waals surface area contributed by atoms with Crippen molar-refractivity contribution >= 4 is 23.2 Å². The van der Waals surface area contributed by atoms with Crippen molar-refractivity contribution in [3.8, 4) is 5.75 Å². The molecule has 0 aliphatic carbocycles. The molecule has 1 saturated heterocycles. The molecule has 2 unspecified atom stereocenters. The number of aliphatic hydroxyl groups excluding tert-OH is 1. The standard InChI is InChI=1S/C14H19ClN2O4/c1-20-4-5-21-13-3-2-9(15)6-11(13)17-14(19)12-7-10(18)8-16-12/h2-3,6,10,12,16,18H,4-5,7-8H2,1H3,(H,17,19). The lowest BCUT2D eigenvalue weighted by molar-refractivity contribution is -0.117. The number of carbonyl (C=O) groups is 1. The maximum absolute atomic E-state index is 12.1. The van der Waals surface area contributed by atoms with Gasteiger partial charge in [-0.15, -0.1) is 0 Å². The highest BCUT2D eigenvalue weighted by atomic mass is 35.5. The fourth-order valence-corrected chi connectivity index (χ4v) is 2.27. The van der Waals surface area contributed by atoms with Crippen molar-refractivity contribution in [3.63, 3.8) is 0 Å². The molecule has 3 N–H and O–H groups in total. The molecule has 1 heterocycles. The molecule has 0 radical (unpaired) electrons. The first-order valence-electron chi connectivity index (χ1n) is 6.73. The molecule has 2 atom stereocenters. The van der Waals surface area contributed by atoms with Crippen LogP contribution >= 0.6 is 11.6 Å². The molecule has 21 heavy (non-hydrogen) atoms. The highest BCUT2D eigenvalue weighted by Gasteiger charge is 2.28. The molecule has 1 fully saturated rings. The average molecular weight is 315 g/mol. The quantitative estimate of drug-likeness (QED) is 0.683. The Bertz CT molecular complexity index is 498. The Morgan fingerprint density at radius 3 is 3.00 bits per heavy atom. The average Bonchev–Trinajstić information content (AvgIpc) is 2.88. The van der Waals surface area contributed by atoms with Crippen molar-refractivity contribution in [2.24, 2.45) is 0 Å². The molecule has 0 saturated carbocycles. The van der Waals surface area contributed by atoms with Crippen LogP contribution in [0.15, 0.2) is 18.2 Å². The summed E-state index contributed by atoms with van der Waals surface area (Å²) in [5, 5.41) is 15.7. The second-order valence-electron chi connectivity index (χ2n) is 4.82. The normalized spacial score (nSPS) is 21.3. The van der Waals surface area contributed by atoms with E-state index in [-0.39, 0.29) is 5.91 Å². The second-order valence-corrected chi connectivity index (χ2v) is 5.26. The number of hydrogen-bond acceptors (Lipinski definition) is 5. The number of amides is 1. The number of hydrogen-bond donors (Lipinski definition) is 3. The summed E-state index contributed by atoms with van der Waals surface area (Å²) in [6.07, 6.45) is -0.0933. The van der Waals surface area contributed by atoms with Gasteiger partial charge in [-0.25, -0.2) is 0 Å². The van der Waals surface area contributed by atoms with Gasteiger partial charge >= 0.3 is 0 Å². The third kappa shape index (κ3) is 4.57. The van der Waals surface area contributed by atoms with E-state index < -0.39 is 12.1 Å². The molecular weight excluding hydrogens is 296 g/mol. The number of β-amino-alcohol motifs (C(OH)–C–C–N with tert-alkyl or cyclic N) is 1. The van der Waals surface area contributed by atoms with Gasteiger partial charge in [-0.1, -0.05) is 11.6 Å². The van der Waals surface area contributed by atoms with Crippen molar-refractivity contribution in [3.05, 3.63) is 23.2 Å². The van der Waals surface area contributed by atoms with Gasteiger partial charge in [-0.05, 0) is 24.6 Å². The first kappa shape index (κ1) is 16.0. The van der Waals surface area contributed by atoms with Crippen molar-refractivity contribution < 1.29 is 19.4 Å². The molecule has 7 heteroatoms. The monoisotopic (exact) mass is 314 g/mol. The predicted octanol–water partition coefficient (Wildman–Crippen LogP) is 1.03. The second kappa shape index (κ2) is 7.61. The van der Waals surface area contributed by atoms with Gasteiger partial charge in [0.1, 0.15) is 12.4 Å². The summed E-state index contributed by atoms with van der Waals surface area (Å²) in [6, 6.07) is 4.61. The number of carbonyl (C=O) groups excluding carboxylic acids is 1. The molecule has 6 nitrogen and oxygen atoms in total. The third-order valence-electron chi connectivity index (χ3n) is 3.17. The Morgan fingerprint density at radius 2 is 2.33 bits per heavy atom. The van der Waals surface area contributed by atoms with E-state index in [1.165, 1.54) is 0 Å². The molecule has 1 amide bonds. The summed E-state index contributed by atoms with van der Waals surface area (Å²) in [7, 11) is 1.59. The number of anilines is 1. The lowest BCUT2D eigenvalue weighted by Crippen LogP contribution is -2.35. The van der Waals surface area contributed by atoms with E-state index in [9.17, 15) is 9.90 Å². The minimum atomic E-state index is -0.488. The van der Waals surface area contributed by atoms with E-state index >= 15 is 0 Å². The maximum Gasteiger partial charge on any atom is 0.241 e. The highest BCUT2D eigenvalue weighted by molar-refractivity contribution is 6.31. The summed E-state index contributed by atoms with van der Waals surface area (Å²) in [6.45, 7) is 1.25. The lowest BCUT2D eigenvalue weighted by atomic mass is 10.2. The number of ether oxygens (including phenoxy) is 2. The van der Waals surface area contributed by atoms with Crippen molar-refractivity contribution in [1.82, 2.24) is 5.32 Å². The summed E-state index contributed by atoms with van der Waals surface area (Å²) < 4.78 is 10.5. The largest absolute Gasteiger partial charge is 0.489 e. The maximum atomic E-state index is 12.1. The van der Waals surface area contributed by atoms with Crippen LogP contribution in [0, 0.1) is 0 Å². The van der Waals surface area contributed by atoms with E-state index in [2.05, 4.69) is 10.6 Å². The van der Waals surface area contributed by atoms with Crippen LogP contribution in [0.2, 0.25) is 5.02 Å². The highest BCUT2D eigenvalue weighted by Crippen LogP contribution is 2.28. The first-order chi connectivity index (χ1) is 10.1. The zero-order valence-corrected chi connectivity index (χ0v) is 12.5. The predicted molar refractivity (Wildman–Crippen MR) is 79.9 cm³/mol. The van der Waals surface area contributed by atoms with Gasteiger partial charge in [-0.2, -0.15) is 0 Å². The molecule has 0 aromatic heterocycles. The van der Waals surface area contributed by atoms with E-state index in [4.69, 9.17) is 21.1 Å². The van der Waals surface area contributed by atoms with Crippen LogP contribution in [-0.2, 0) is 9.53 Å². The summed E-state index contributed by atoms with van der Waals surface area (Å²) in [4.78, 5) is 12.1. The third-order valence-corrected chi connectivity index (χ3v) is 3.40. The molecule has 2 rings (SSSR count). The number of aliphatic hydroxyl groups is 1. The molecule has 1 aromatic rings. The minimum Gasteiger partial charge on any atom is -0.489 e. The van der Waals surface area contributed by atoms with Crippen LogP contribution in [0.1, 0.15) is 6.42 Å². The number of halogens is 1. The zero-order valence-electron chi connectivity index (χ0n) is 11.8. The van der Waals surface area contributed by atoms with Gasteiger partial charge < -0.3 is 25.2 Å². The Balaban J connectivity index is 2.03. The van der Waals surface area contributed by atoms with Gasteiger partial charge in [0.15, 0.2) is 0 Å². The van der Waals surface area contributed by atoms with Gasteiger partial charge in [0.05, 0.1) is 24.4 Å². The summed E-state index contributed by atoms with van der Waals surface area (Å²) in [5.74, 6) is 0.314. The summed E-state index contributed by atoms with van der Waals surface area (Å²) >= 11 is 5.96. The molecule has 1 aliphatic rings. The molecule has 1 aliphatic heterocycles. The molecule has 0 spiro atoms. The van der Waals surface area contributed by atoms with Crippen molar-refractivity contribution in [1.29, 1.82) is 0 Å². The fourth-order valence-electron chi connectivity index (χ4n) is 2.10. The Morgan fingerprint density at radius 1 is 1.52 bits per heavy atom. The van der Waals surface area contributed by atoms with Gasteiger partial charge in [0.25, 0.3) is 0 Å². The fraction of sp³-hybridized carbons (Fsp3) is 0.500. The van der Waals surface area contributed by atoms with Crippen LogP contribution in [-0.4, -0.2) is 50.0 Å². The van der Waals surface area contributed by atoms with E-state index in [0.29, 0.717) is 42.6 Å². The van der Waals surface area contributed by atoms with Crippen LogP contribution in [0.5, 0.6) is 5.75 Å². The molecule has 1 aromatic carbocycles. The van der Waals surface area contributed by atoms with Crippen molar-refractivity contribution in [2.75, 3.05) is 32.2 Å². The van der Waals surface area contributed by atoms with Gasteiger partial charge in [0.2, 0.25) is 5.91 Å². The molecule has 116 valence electrons. The van der Waals surface area contributed by atoms with E-state index in [1.807, 2.05) is 0 Å². The number of rotatable bonds is 6. The zero-order chi connectivity index (χ0) is 15.2. The summed E-state index contributed by atoms with van der Waals surface area (Å²) in [5.41, 5.74) is 0.506. The van der Waals surface area contributed by atoms with Crippen LogP contribution in [0.3, 0.4) is 0 Å². The van der Waals surface area contributed by atoms with Crippen molar-refractivity contribution in [2.45, 2.75) is 18.6 Å². The van der Waals surface area contributed by atoms with Gasteiger partial charge in [-0.3, -0.25) is 4.79 Å². The Kier molecular flexibility index (Phi) is 5.81. The SMILES string of the molecule is COCCOc1ccc(Cl)cc1NC(=O)C1CC(O)CN1. The number of benzene rings is 1. The van der Waals surface area contributed by atoms with Crippen LogP contribution < -0.4 is 15.4 Å².